The number of alkyl halides is 3. The van der Waals surface area contributed by atoms with Gasteiger partial charge in [0.1, 0.15) is 0 Å². The number of hydrogen-bond acceptors (Lipinski definition) is 3. The van der Waals surface area contributed by atoms with Crippen molar-refractivity contribution in [1.82, 2.24) is 4.98 Å². The zero-order chi connectivity index (χ0) is 15.6. The highest BCUT2D eigenvalue weighted by atomic mass is 32.1. The van der Waals surface area contributed by atoms with Gasteiger partial charge in [0.2, 0.25) is 0 Å². The van der Waals surface area contributed by atoms with E-state index in [1.165, 1.54) is 17.1 Å². The largest absolute Gasteiger partial charge is 0.416 e. The number of rotatable bonds is 4. The summed E-state index contributed by atoms with van der Waals surface area (Å²) < 4.78 is 38.2. The van der Waals surface area contributed by atoms with Crippen molar-refractivity contribution >= 4 is 27.9 Å². The number of fused-ring (bicyclic) bond motifs is 1. The molecule has 114 valence electrons. The summed E-state index contributed by atoms with van der Waals surface area (Å²) in [5.41, 5.74) is 0.467. The Kier molecular flexibility index (Phi) is 4.02. The summed E-state index contributed by atoms with van der Waals surface area (Å²) >= 11 is 1.69. The van der Waals surface area contributed by atoms with Crippen LogP contribution in [0.1, 0.15) is 10.4 Å². The molecule has 0 aliphatic carbocycles. The molecule has 0 fully saturated rings. The molecule has 1 aromatic carbocycles. The number of nitrogens with one attached hydrogen (secondary N) is 1. The van der Waals surface area contributed by atoms with Gasteiger partial charge in [-0.1, -0.05) is 12.1 Å². The number of anilines is 1. The average molecular weight is 322 g/mol. The summed E-state index contributed by atoms with van der Waals surface area (Å²) in [4.78, 5) is 5.30. The lowest BCUT2D eigenvalue weighted by Crippen LogP contribution is -2.06. The quantitative estimate of drug-likeness (QED) is 0.733. The fourth-order valence-electron chi connectivity index (χ4n) is 2.25. The van der Waals surface area contributed by atoms with Gasteiger partial charge in [-0.3, -0.25) is 4.98 Å². The molecule has 22 heavy (non-hydrogen) atoms. The van der Waals surface area contributed by atoms with Crippen molar-refractivity contribution < 1.29 is 13.2 Å². The summed E-state index contributed by atoms with van der Waals surface area (Å²) in [7, 11) is 0. The van der Waals surface area contributed by atoms with E-state index >= 15 is 0 Å². The highest BCUT2D eigenvalue weighted by Gasteiger charge is 2.30. The second-order valence-electron chi connectivity index (χ2n) is 4.84. The zero-order valence-electron chi connectivity index (χ0n) is 11.5. The van der Waals surface area contributed by atoms with E-state index < -0.39 is 11.7 Å². The average Bonchev–Trinajstić information content (AvgIpc) is 2.99. The molecular formula is C16H13F3N2S. The van der Waals surface area contributed by atoms with E-state index in [-0.39, 0.29) is 0 Å². The van der Waals surface area contributed by atoms with E-state index in [4.69, 9.17) is 0 Å². The highest BCUT2D eigenvalue weighted by Crippen LogP contribution is 2.32. The molecule has 0 spiro atoms. The normalized spacial score (nSPS) is 11.8. The van der Waals surface area contributed by atoms with Gasteiger partial charge in [-0.05, 0) is 36.1 Å². The van der Waals surface area contributed by atoms with E-state index in [0.29, 0.717) is 10.9 Å². The van der Waals surface area contributed by atoms with Crippen LogP contribution in [0, 0.1) is 0 Å². The van der Waals surface area contributed by atoms with Crippen LogP contribution in [-0.4, -0.2) is 11.5 Å². The third-order valence-corrected chi connectivity index (χ3v) is 4.27. The number of halogens is 3. The fourth-order valence-corrected chi connectivity index (χ4v) is 2.96. The Balaban J connectivity index is 1.81. The predicted molar refractivity (Wildman–Crippen MR) is 83.3 cm³/mol. The summed E-state index contributed by atoms with van der Waals surface area (Å²) in [6.45, 7) is 0.723. The molecule has 0 aliphatic heterocycles. The van der Waals surface area contributed by atoms with Crippen LogP contribution in [0.3, 0.4) is 0 Å². The molecular weight excluding hydrogens is 309 g/mol. The van der Waals surface area contributed by atoms with Crippen molar-refractivity contribution in [3.8, 4) is 0 Å². The van der Waals surface area contributed by atoms with Crippen LogP contribution in [0.5, 0.6) is 0 Å². The van der Waals surface area contributed by atoms with Crippen LogP contribution < -0.4 is 5.32 Å². The van der Waals surface area contributed by atoms with Gasteiger partial charge >= 0.3 is 6.18 Å². The molecule has 0 radical (unpaired) electrons. The third-order valence-electron chi connectivity index (χ3n) is 3.34. The standard InChI is InChI=1S/C16H13F3N2S/c17-16(18,19)11-3-4-13-14(6-8-21-15(13)10-11)20-7-5-12-2-1-9-22-12/h1-4,6,8-10H,5,7H2,(H,20,21). The van der Waals surface area contributed by atoms with Gasteiger partial charge in [-0.25, -0.2) is 0 Å². The van der Waals surface area contributed by atoms with Gasteiger partial charge in [0.05, 0.1) is 11.1 Å². The Morgan fingerprint density at radius 3 is 2.73 bits per heavy atom. The van der Waals surface area contributed by atoms with Crippen molar-refractivity contribution in [3.05, 3.63) is 58.4 Å². The summed E-state index contributed by atoms with van der Waals surface area (Å²) in [6.07, 6.45) is -1.95. The van der Waals surface area contributed by atoms with Crippen LogP contribution in [0.25, 0.3) is 10.9 Å². The molecule has 0 bridgehead atoms. The Morgan fingerprint density at radius 1 is 1.14 bits per heavy atom. The van der Waals surface area contributed by atoms with Crippen LogP contribution in [0.15, 0.2) is 48.0 Å². The van der Waals surface area contributed by atoms with Gasteiger partial charge in [0.25, 0.3) is 0 Å². The molecule has 0 aliphatic rings. The first-order valence-electron chi connectivity index (χ1n) is 6.76. The maximum absolute atomic E-state index is 12.7. The number of hydrogen-bond donors (Lipinski definition) is 1. The minimum atomic E-state index is -4.35. The first kappa shape index (κ1) is 14.8. The maximum Gasteiger partial charge on any atom is 0.416 e. The Labute approximate surface area is 129 Å². The molecule has 3 aromatic rings. The molecule has 0 unspecified atom stereocenters. The smallest absolute Gasteiger partial charge is 0.384 e. The van der Waals surface area contributed by atoms with E-state index in [2.05, 4.69) is 16.4 Å². The van der Waals surface area contributed by atoms with E-state index in [9.17, 15) is 13.2 Å². The lowest BCUT2D eigenvalue weighted by molar-refractivity contribution is -0.137. The zero-order valence-corrected chi connectivity index (χ0v) is 12.3. The van der Waals surface area contributed by atoms with E-state index in [1.54, 1.807) is 17.4 Å². The Morgan fingerprint density at radius 2 is 2.00 bits per heavy atom. The van der Waals surface area contributed by atoms with Gasteiger partial charge in [0, 0.05) is 28.7 Å². The second kappa shape index (κ2) is 5.96. The number of nitrogens with zero attached hydrogens (tertiary/aromatic N) is 1. The molecule has 3 rings (SSSR count). The molecule has 6 heteroatoms. The molecule has 2 nitrogen and oxygen atoms in total. The van der Waals surface area contributed by atoms with E-state index in [0.717, 1.165) is 30.8 Å². The molecule has 1 N–H and O–H groups in total. The fraction of sp³-hybridized carbons (Fsp3) is 0.188. The van der Waals surface area contributed by atoms with Crippen LogP contribution in [0.2, 0.25) is 0 Å². The van der Waals surface area contributed by atoms with Crippen molar-refractivity contribution in [1.29, 1.82) is 0 Å². The SMILES string of the molecule is FC(F)(F)c1ccc2c(NCCc3cccs3)ccnc2c1. The summed E-state index contributed by atoms with van der Waals surface area (Å²) in [6, 6.07) is 9.49. The minimum absolute atomic E-state index is 0.343. The lowest BCUT2D eigenvalue weighted by Gasteiger charge is -2.11. The van der Waals surface area contributed by atoms with Gasteiger partial charge in [0.15, 0.2) is 0 Å². The number of benzene rings is 1. The molecule has 2 aromatic heterocycles. The van der Waals surface area contributed by atoms with Crippen molar-refractivity contribution in [2.75, 3.05) is 11.9 Å². The first-order chi connectivity index (χ1) is 10.5. The monoisotopic (exact) mass is 322 g/mol. The Hall–Kier alpha value is -2.08. The van der Waals surface area contributed by atoms with Crippen molar-refractivity contribution in [2.45, 2.75) is 12.6 Å². The first-order valence-corrected chi connectivity index (χ1v) is 7.64. The number of thiophene rings is 1. The van der Waals surface area contributed by atoms with Crippen LogP contribution >= 0.6 is 11.3 Å². The third kappa shape index (κ3) is 3.22. The highest BCUT2D eigenvalue weighted by molar-refractivity contribution is 7.09. The summed E-state index contributed by atoms with van der Waals surface area (Å²) in [5.74, 6) is 0. The number of pyridine rings is 1. The van der Waals surface area contributed by atoms with Crippen molar-refractivity contribution in [2.24, 2.45) is 0 Å². The lowest BCUT2D eigenvalue weighted by atomic mass is 10.1. The molecule has 0 saturated heterocycles. The van der Waals surface area contributed by atoms with Crippen LogP contribution in [-0.2, 0) is 12.6 Å². The molecule has 2 heterocycles. The number of aromatic nitrogens is 1. The van der Waals surface area contributed by atoms with Crippen molar-refractivity contribution in [3.63, 3.8) is 0 Å². The second-order valence-corrected chi connectivity index (χ2v) is 5.88. The molecule has 0 atom stereocenters. The van der Waals surface area contributed by atoms with E-state index in [1.807, 2.05) is 11.4 Å². The van der Waals surface area contributed by atoms with Gasteiger partial charge in [-0.2, -0.15) is 13.2 Å². The summed E-state index contributed by atoms with van der Waals surface area (Å²) in [5, 5.41) is 5.99. The maximum atomic E-state index is 12.7. The molecule has 0 saturated carbocycles. The van der Waals surface area contributed by atoms with Crippen LogP contribution in [0.4, 0.5) is 18.9 Å². The topological polar surface area (TPSA) is 24.9 Å². The minimum Gasteiger partial charge on any atom is -0.384 e. The predicted octanol–water partition coefficient (Wildman–Crippen LogP) is 4.97. The molecule has 0 amide bonds. The van der Waals surface area contributed by atoms with Gasteiger partial charge in [-0.15, -0.1) is 11.3 Å². The van der Waals surface area contributed by atoms with Gasteiger partial charge < -0.3 is 5.32 Å². The Bertz CT molecular complexity index is 767.